The zero-order valence-electron chi connectivity index (χ0n) is 15.5. The number of nitrogens with zero attached hydrogens (tertiary/aromatic N) is 2. The number of rotatable bonds is 9. The van der Waals surface area contributed by atoms with E-state index < -0.39 is 0 Å². The lowest BCUT2D eigenvalue weighted by molar-refractivity contribution is -0.121. The Hall–Kier alpha value is -3.00. The van der Waals surface area contributed by atoms with Gasteiger partial charge < -0.3 is 14.6 Å². The van der Waals surface area contributed by atoms with Gasteiger partial charge in [0.1, 0.15) is 0 Å². The Balaban J connectivity index is 1.34. The first kappa shape index (κ1) is 19.8. The number of carbonyl (C=O) groups is 2. The largest absolute Gasteiger partial charge is 0.465 e. The number of amides is 1. The van der Waals surface area contributed by atoms with Crippen LogP contribution in [0, 0.1) is 0 Å². The van der Waals surface area contributed by atoms with E-state index in [9.17, 15) is 9.59 Å². The first-order valence-electron chi connectivity index (χ1n) is 8.96. The topological polar surface area (TPSA) is 94.3 Å². The Morgan fingerprint density at radius 1 is 1.18 bits per heavy atom. The fourth-order valence-corrected chi connectivity index (χ4v) is 3.27. The summed E-state index contributed by atoms with van der Waals surface area (Å²) in [4.78, 5) is 28.7. The molecule has 7 nitrogen and oxygen atoms in total. The minimum absolute atomic E-state index is 0.0100. The number of methoxy groups -OCH3 is 1. The van der Waals surface area contributed by atoms with E-state index in [2.05, 4.69) is 20.2 Å². The maximum atomic E-state index is 12.0. The van der Waals surface area contributed by atoms with E-state index in [4.69, 9.17) is 4.52 Å². The molecular weight excluding hydrogens is 378 g/mol. The second kappa shape index (κ2) is 9.80. The molecule has 2 aromatic heterocycles. The molecular formula is C20H21N3O4S. The molecule has 28 heavy (non-hydrogen) atoms. The molecule has 0 fully saturated rings. The molecule has 1 amide bonds. The summed E-state index contributed by atoms with van der Waals surface area (Å²) in [6, 6.07) is 11.0. The molecule has 2 heterocycles. The predicted molar refractivity (Wildman–Crippen MR) is 105 cm³/mol. The van der Waals surface area contributed by atoms with E-state index in [1.54, 1.807) is 23.5 Å². The van der Waals surface area contributed by atoms with Gasteiger partial charge in [0.15, 0.2) is 0 Å². The lowest BCUT2D eigenvalue weighted by Gasteiger charge is -2.06. The Morgan fingerprint density at radius 2 is 2.00 bits per heavy atom. The zero-order valence-corrected chi connectivity index (χ0v) is 16.3. The van der Waals surface area contributed by atoms with Gasteiger partial charge in [-0.05, 0) is 42.0 Å². The van der Waals surface area contributed by atoms with Crippen LogP contribution in [0.5, 0.6) is 0 Å². The van der Waals surface area contributed by atoms with Crippen molar-refractivity contribution >= 4 is 23.2 Å². The van der Waals surface area contributed by atoms with Crippen molar-refractivity contribution in [1.82, 2.24) is 15.5 Å². The molecule has 146 valence electrons. The Bertz CT molecular complexity index is 904. The molecule has 0 unspecified atom stereocenters. The van der Waals surface area contributed by atoms with E-state index in [0.717, 1.165) is 10.4 Å². The van der Waals surface area contributed by atoms with Gasteiger partial charge in [0, 0.05) is 19.4 Å². The van der Waals surface area contributed by atoms with Crippen LogP contribution in [-0.4, -0.2) is 35.7 Å². The number of aryl methyl sites for hydroxylation is 1. The van der Waals surface area contributed by atoms with Gasteiger partial charge in [0.25, 0.3) is 0 Å². The van der Waals surface area contributed by atoms with Crippen LogP contribution in [0.1, 0.15) is 34.7 Å². The highest BCUT2D eigenvalue weighted by molar-refractivity contribution is 7.13. The first-order chi connectivity index (χ1) is 13.7. The van der Waals surface area contributed by atoms with Crippen molar-refractivity contribution < 1.29 is 18.8 Å². The summed E-state index contributed by atoms with van der Waals surface area (Å²) in [5, 5.41) is 8.82. The first-order valence-corrected chi connectivity index (χ1v) is 9.84. The van der Waals surface area contributed by atoms with Gasteiger partial charge in [-0.2, -0.15) is 4.98 Å². The number of ether oxygens (including phenoxy) is 1. The lowest BCUT2D eigenvalue weighted by Crippen LogP contribution is -2.25. The molecule has 0 aliphatic carbocycles. The minimum Gasteiger partial charge on any atom is -0.465 e. The SMILES string of the molecule is COC(=O)c1ccc(CCNC(=O)CCCc2nc(-c3cccs3)no2)cc1. The van der Waals surface area contributed by atoms with Crippen molar-refractivity contribution in [3.63, 3.8) is 0 Å². The molecule has 3 aromatic rings. The highest BCUT2D eigenvalue weighted by Gasteiger charge is 2.10. The Morgan fingerprint density at radius 3 is 2.71 bits per heavy atom. The van der Waals surface area contributed by atoms with Gasteiger partial charge in [-0.15, -0.1) is 11.3 Å². The molecule has 1 N–H and O–H groups in total. The van der Waals surface area contributed by atoms with Gasteiger partial charge in [0.2, 0.25) is 17.6 Å². The fourth-order valence-electron chi connectivity index (χ4n) is 2.62. The monoisotopic (exact) mass is 399 g/mol. The third-order valence-corrected chi connectivity index (χ3v) is 4.98. The number of nitrogens with one attached hydrogen (secondary N) is 1. The van der Waals surface area contributed by atoms with E-state index >= 15 is 0 Å². The number of carbonyl (C=O) groups excluding carboxylic acids is 2. The summed E-state index contributed by atoms with van der Waals surface area (Å²) in [6.45, 7) is 0.541. The highest BCUT2D eigenvalue weighted by atomic mass is 32.1. The van der Waals surface area contributed by atoms with Crippen molar-refractivity contribution in [2.24, 2.45) is 0 Å². The summed E-state index contributed by atoms with van der Waals surface area (Å²) in [7, 11) is 1.35. The van der Waals surface area contributed by atoms with Gasteiger partial charge >= 0.3 is 5.97 Å². The summed E-state index contributed by atoms with van der Waals surface area (Å²) in [6.07, 6.45) is 2.31. The van der Waals surface area contributed by atoms with Gasteiger partial charge in [-0.25, -0.2) is 4.79 Å². The molecule has 0 spiro atoms. The van der Waals surface area contributed by atoms with Gasteiger partial charge in [0.05, 0.1) is 17.6 Å². The molecule has 1 aromatic carbocycles. The number of hydrogen-bond donors (Lipinski definition) is 1. The normalized spacial score (nSPS) is 10.6. The van der Waals surface area contributed by atoms with Crippen LogP contribution in [0.15, 0.2) is 46.3 Å². The van der Waals surface area contributed by atoms with Gasteiger partial charge in [-0.1, -0.05) is 23.4 Å². The third kappa shape index (κ3) is 5.50. The van der Waals surface area contributed by atoms with E-state index in [1.165, 1.54) is 7.11 Å². The summed E-state index contributed by atoms with van der Waals surface area (Å²) in [5.74, 6) is 0.766. The molecule has 0 aliphatic heterocycles. The van der Waals surface area contributed by atoms with Crippen LogP contribution < -0.4 is 5.32 Å². The maximum absolute atomic E-state index is 12.0. The average Bonchev–Trinajstić information content (AvgIpc) is 3.40. The molecule has 0 saturated heterocycles. The smallest absolute Gasteiger partial charge is 0.337 e. The molecule has 0 bridgehead atoms. The summed E-state index contributed by atoms with van der Waals surface area (Å²) >= 11 is 1.56. The molecule has 0 aliphatic rings. The summed E-state index contributed by atoms with van der Waals surface area (Å²) < 4.78 is 9.89. The Labute approximate surface area is 166 Å². The average molecular weight is 399 g/mol. The van der Waals surface area contributed by atoms with Crippen LogP contribution in [0.4, 0.5) is 0 Å². The number of thiophene rings is 1. The molecule has 3 rings (SSSR count). The van der Waals surface area contributed by atoms with E-state index in [0.29, 0.717) is 49.5 Å². The van der Waals surface area contributed by atoms with Crippen molar-refractivity contribution in [3.8, 4) is 10.7 Å². The van der Waals surface area contributed by atoms with Crippen molar-refractivity contribution in [2.45, 2.75) is 25.7 Å². The van der Waals surface area contributed by atoms with Crippen LogP contribution >= 0.6 is 11.3 Å². The van der Waals surface area contributed by atoms with E-state index in [1.807, 2.05) is 29.6 Å². The van der Waals surface area contributed by atoms with Crippen LogP contribution in [0.2, 0.25) is 0 Å². The zero-order chi connectivity index (χ0) is 19.8. The third-order valence-electron chi connectivity index (χ3n) is 4.12. The van der Waals surface area contributed by atoms with Crippen molar-refractivity contribution in [3.05, 3.63) is 58.8 Å². The van der Waals surface area contributed by atoms with Crippen LogP contribution in [0.25, 0.3) is 10.7 Å². The number of aromatic nitrogens is 2. The minimum atomic E-state index is -0.358. The number of benzene rings is 1. The fraction of sp³-hybridized carbons (Fsp3) is 0.300. The lowest BCUT2D eigenvalue weighted by atomic mass is 10.1. The van der Waals surface area contributed by atoms with Gasteiger partial charge in [-0.3, -0.25) is 4.79 Å². The maximum Gasteiger partial charge on any atom is 0.337 e. The number of hydrogen-bond acceptors (Lipinski definition) is 7. The molecule has 0 saturated carbocycles. The van der Waals surface area contributed by atoms with Crippen molar-refractivity contribution in [1.29, 1.82) is 0 Å². The van der Waals surface area contributed by atoms with Crippen molar-refractivity contribution in [2.75, 3.05) is 13.7 Å². The molecule has 0 radical (unpaired) electrons. The molecule has 0 atom stereocenters. The van der Waals surface area contributed by atoms with Crippen LogP contribution in [0.3, 0.4) is 0 Å². The predicted octanol–water partition coefficient (Wildman–Crippen LogP) is 3.27. The van der Waals surface area contributed by atoms with E-state index in [-0.39, 0.29) is 11.9 Å². The quantitative estimate of drug-likeness (QED) is 0.555. The highest BCUT2D eigenvalue weighted by Crippen LogP contribution is 2.21. The van der Waals surface area contributed by atoms with Crippen LogP contribution in [-0.2, 0) is 22.4 Å². The second-order valence-electron chi connectivity index (χ2n) is 6.13. The molecule has 8 heteroatoms. The standard InChI is InChI=1S/C20H21N3O4S/c1-26-20(25)15-9-7-14(8-10-15)11-12-21-17(24)5-2-6-18-22-19(23-27-18)16-4-3-13-28-16/h3-4,7-10,13H,2,5-6,11-12H2,1H3,(H,21,24). The Kier molecular flexibility index (Phi) is 6.91. The second-order valence-corrected chi connectivity index (χ2v) is 7.08. The number of esters is 1. The summed E-state index contributed by atoms with van der Waals surface area (Å²) in [5.41, 5.74) is 1.55.